The number of fused-ring (bicyclic) bond motifs is 1. The number of aldehydes is 1. The first-order valence-corrected chi connectivity index (χ1v) is 34.5. The molecule has 2 N–H and O–H groups in total. The Kier molecular flexibility index (Phi) is 38.0. The molecule has 0 spiro atoms. The molecule has 0 saturated carbocycles. The van der Waals surface area contributed by atoms with Gasteiger partial charge in [0.25, 0.3) is 0 Å². The molecule has 1 aromatic heterocycles. The van der Waals surface area contributed by atoms with E-state index in [1.54, 1.807) is 16.1 Å². The fourth-order valence-electron chi connectivity index (χ4n) is 11.9. The molecule has 0 radical (unpaired) electrons. The van der Waals surface area contributed by atoms with E-state index >= 15 is 0 Å². The van der Waals surface area contributed by atoms with E-state index in [0.29, 0.717) is 40.8 Å². The standard InChI is InChI=1S/C31H54N4O.C26H36N4S.C11H22BNO2.C4H10/c1-6-8-9-10-18-33(17-7-2)25-31(36)35-21-13-27(14-22-35)24-34-19-15-28(16-20-34)29-12-11-26(3)30(23-29)32(4)5;1-8-11-19(5)29-15-13-18(4)24(17(3)9-2)30-20(6)26(7)14-10-12-22-23(26)21(16-27)25(28)31-22;1-5-13(12-15)7-6-9(2)11(4)10(3)8-14;1-3-4-2/h11-12,23,27-28H,6-10,13-22,24-25H2,1-5H3;13,15H,4,8-12,14,28H2,1-3,5-7H3;8-11H,5-7H2,1-4H3;3-4H2,1-2H3/b;15-13-,24-17+,29-19?,30-20?;;/t;26-;;/m.1../s1. The van der Waals surface area contributed by atoms with Crippen molar-refractivity contribution in [1.82, 2.24) is 19.5 Å². The predicted octanol–water partition coefficient (Wildman–Crippen LogP) is 16.6. The molecule has 2 fully saturated rings. The third-order valence-electron chi connectivity index (χ3n) is 18.6. The SMILES string of the molecule is C=C(/C=C\N=C(C)CCC)/C(N=C(C)[C@@]1(C)CCCc2sc(N)c(C#N)c21)=C(/C)CC.CCCC.CCCCCCN(CCC)CC(=O)N1CCC(CN2CCC(c3ccc(C)c(N(C)C)c3)CC2)CC1.CCN(B=O)CCC(C)C(C)C(C)C=O. The molecule has 3 heterocycles. The van der Waals surface area contributed by atoms with Gasteiger partial charge >= 0.3 is 92.8 Å². The first-order chi connectivity index (χ1) is 41.1. The van der Waals surface area contributed by atoms with Crippen LogP contribution in [0, 0.1) is 41.9 Å². The van der Waals surface area contributed by atoms with Crippen molar-refractivity contribution in [2.45, 2.75) is 231 Å². The summed E-state index contributed by atoms with van der Waals surface area (Å²) in [7, 11) is 5.17. The van der Waals surface area contributed by atoms with Crippen molar-refractivity contribution in [1.29, 1.82) is 5.26 Å². The molecule has 2 aliphatic heterocycles. The molecule has 1 aliphatic carbocycles. The van der Waals surface area contributed by atoms with Crippen LogP contribution in [0.5, 0.6) is 0 Å². The number of piperidine rings is 2. The summed E-state index contributed by atoms with van der Waals surface area (Å²) in [6.07, 6.45) is 25.5. The van der Waals surface area contributed by atoms with Gasteiger partial charge in [0.15, 0.2) is 0 Å². The van der Waals surface area contributed by atoms with Gasteiger partial charge in [-0.15, -0.1) is 11.3 Å². The summed E-state index contributed by atoms with van der Waals surface area (Å²) in [5.74, 6) is 2.74. The van der Waals surface area contributed by atoms with E-state index < -0.39 is 0 Å². The van der Waals surface area contributed by atoms with Crippen LogP contribution < -0.4 is 10.6 Å². The Bertz CT molecular complexity index is 2490. The molecule has 4 atom stereocenters. The van der Waals surface area contributed by atoms with Crippen molar-refractivity contribution >= 4 is 52.9 Å². The average Bonchev–Trinajstić information content (AvgIpc) is 1.67. The minimum absolute atomic E-state index is 0.103. The number of hydrogen-bond acceptors (Lipinski definition) is 11. The number of thiophene rings is 1. The predicted molar refractivity (Wildman–Crippen MR) is 373 cm³/mol. The third-order valence-corrected chi connectivity index (χ3v) is 19.7. The fourth-order valence-corrected chi connectivity index (χ4v) is 13.0. The molecule has 2 aromatic rings. The van der Waals surface area contributed by atoms with Gasteiger partial charge in [0.05, 0.1) is 17.8 Å². The van der Waals surface area contributed by atoms with Gasteiger partial charge in [-0.25, -0.2) is 0 Å². The molecule has 3 aliphatic rings. The number of nitrogens with zero attached hydrogens (tertiary/aromatic N) is 8. The van der Waals surface area contributed by atoms with E-state index in [4.69, 9.17) is 10.7 Å². The summed E-state index contributed by atoms with van der Waals surface area (Å²) in [5, 5.41) is 10.4. The van der Waals surface area contributed by atoms with Crippen LogP contribution in [0.4, 0.5) is 10.7 Å². The van der Waals surface area contributed by atoms with Crippen molar-refractivity contribution in [3.8, 4) is 6.07 Å². The number of hydrogen-bond donors (Lipinski definition) is 1. The van der Waals surface area contributed by atoms with E-state index in [9.17, 15) is 19.6 Å². The number of rotatable bonds is 30. The van der Waals surface area contributed by atoms with Gasteiger partial charge < -0.3 is 20.4 Å². The zero-order valence-electron chi connectivity index (χ0n) is 57.7. The summed E-state index contributed by atoms with van der Waals surface area (Å²) >= 11 is 1.56. The van der Waals surface area contributed by atoms with Gasteiger partial charge in [0.1, 0.15) is 11.1 Å². The molecule has 5 rings (SSSR count). The van der Waals surface area contributed by atoms with Crippen molar-refractivity contribution < 1.29 is 14.3 Å². The van der Waals surface area contributed by atoms with Crippen molar-refractivity contribution in [2.24, 2.45) is 33.7 Å². The average molecular weight is 1200 g/mol. The van der Waals surface area contributed by atoms with E-state index in [1.165, 1.54) is 111 Å². The quantitative estimate of drug-likeness (QED) is 0.0266. The molecule has 0 bridgehead atoms. The second kappa shape index (κ2) is 42.3. The Morgan fingerprint density at radius 2 is 1.60 bits per heavy atom. The number of nitrogens with two attached hydrogens (primary N) is 1. The number of unbranched alkanes of at least 4 members (excludes halogenated alkanes) is 4. The number of allylic oxidation sites excluding steroid dienone is 2. The molecule has 3 unspecified atom stereocenters. The molecule has 1 aromatic carbocycles. The molecule has 482 valence electrons. The number of likely N-dealkylation sites (tertiary alicyclic amines) is 2. The number of nitrogen functional groups attached to an aromatic ring is 1. The Morgan fingerprint density at radius 1 is 0.930 bits per heavy atom. The monoisotopic (exact) mass is 1200 g/mol. The molecule has 1 amide bonds. The van der Waals surface area contributed by atoms with E-state index in [1.807, 2.05) is 33.0 Å². The van der Waals surface area contributed by atoms with Gasteiger partial charge in [0, 0.05) is 67.3 Å². The summed E-state index contributed by atoms with van der Waals surface area (Å²) < 4.78 is 10.6. The van der Waals surface area contributed by atoms with Crippen molar-refractivity contribution in [2.75, 3.05) is 90.2 Å². The van der Waals surface area contributed by atoms with Crippen molar-refractivity contribution in [3.63, 3.8) is 0 Å². The number of amides is 1. The summed E-state index contributed by atoms with van der Waals surface area (Å²) in [6, 6.07) is 9.40. The Morgan fingerprint density at radius 3 is 2.16 bits per heavy atom. The van der Waals surface area contributed by atoms with Crippen LogP contribution in [-0.4, -0.2) is 130 Å². The third kappa shape index (κ3) is 25.8. The summed E-state index contributed by atoms with van der Waals surface area (Å²) in [6.45, 7) is 46.0. The van der Waals surface area contributed by atoms with Crippen LogP contribution in [0.25, 0.3) is 0 Å². The second-order valence-corrected chi connectivity index (χ2v) is 26.7. The number of carbonyl (C=O) groups is 2. The van der Waals surface area contributed by atoms with Crippen LogP contribution in [0.3, 0.4) is 0 Å². The van der Waals surface area contributed by atoms with Gasteiger partial charge in [-0.3, -0.25) is 19.7 Å². The number of anilines is 2. The number of carbonyl (C=O) groups excluding carboxylic acids is 2. The molecule has 2 saturated heterocycles. The first kappa shape index (κ1) is 77.4. The molecular weight excluding hydrogens is 1080 g/mol. The fraction of sp³-hybridized carbons (Fsp3) is 0.708. The van der Waals surface area contributed by atoms with Gasteiger partial charge in [-0.05, 0) is 176 Å². The van der Waals surface area contributed by atoms with Crippen LogP contribution >= 0.6 is 11.3 Å². The Balaban J connectivity index is 0.000000457. The zero-order valence-corrected chi connectivity index (χ0v) is 58.5. The van der Waals surface area contributed by atoms with E-state index in [2.05, 4.69) is 153 Å². The zero-order chi connectivity index (χ0) is 64.4. The maximum atomic E-state index is 13.0. The molecular formula is C72H122BN9O3S. The normalized spacial score (nSPS) is 18.2. The van der Waals surface area contributed by atoms with Gasteiger partial charge in [0.2, 0.25) is 5.91 Å². The number of benzene rings is 1. The number of aliphatic imine (C=N–C) groups is 2. The molecule has 12 nitrogen and oxygen atoms in total. The van der Waals surface area contributed by atoms with Crippen LogP contribution in [0.1, 0.15) is 239 Å². The van der Waals surface area contributed by atoms with Crippen LogP contribution in [0.2, 0.25) is 0 Å². The Hall–Kier alpha value is -4.71. The summed E-state index contributed by atoms with van der Waals surface area (Å²) in [5.41, 5.74) is 16.9. The number of aryl methyl sites for hydroxylation is 2. The van der Waals surface area contributed by atoms with Gasteiger partial charge in [-0.1, -0.05) is 106 Å². The van der Waals surface area contributed by atoms with E-state index in [0.717, 1.165) is 138 Å². The van der Waals surface area contributed by atoms with Crippen molar-refractivity contribution in [3.05, 3.63) is 81.0 Å². The maximum absolute atomic E-state index is 13.0. The van der Waals surface area contributed by atoms with Gasteiger partial charge in [-0.2, -0.15) is 5.26 Å². The van der Waals surface area contributed by atoms with Crippen LogP contribution in [0.15, 0.2) is 63.9 Å². The second-order valence-electron chi connectivity index (χ2n) is 25.6. The summed E-state index contributed by atoms with van der Waals surface area (Å²) in [4.78, 5) is 45.7. The topological polar surface area (TPSA) is 142 Å². The molecule has 86 heavy (non-hydrogen) atoms. The Labute approximate surface area is 531 Å². The van der Waals surface area contributed by atoms with E-state index in [-0.39, 0.29) is 11.3 Å². The minimum atomic E-state index is -0.300. The first-order valence-electron chi connectivity index (χ1n) is 33.7. The molecule has 14 heteroatoms. The van der Waals surface area contributed by atoms with Crippen LogP contribution in [-0.2, 0) is 26.1 Å². The number of nitriles is 1.